The number of benzene rings is 2. The smallest absolute Gasteiger partial charge is 0.122 e. The number of methoxy groups -OCH3 is 2. The molecule has 2 aliphatic heterocycles. The number of aromatic amines is 1. The fraction of sp³-hybridized carbons (Fsp3) is 0.345. The molecule has 3 atom stereocenters. The fourth-order valence-electron chi connectivity index (χ4n) is 4.92. The van der Waals surface area contributed by atoms with Gasteiger partial charge >= 0.3 is 0 Å². The van der Waals surface area contributed by atoms with Crippen LogP contribution in [0.3, 0.4) is 0 Å². The SMILES string of the molecule is COc1cc(OC)cc([C@@H](C)C2=NC[C@@H](C)C3C=CN=C(c4ccc5[nH]ncc5c4)/C(=C/C2)C3)c1. The summed E-state index contributed by atoms with van der Waals surface area (Å²) in [6.45, 7) is 5.31. The first-order chi connectivity index (χ1) is 17.1. The number of allylic oxidation sites excluding steroid dienone is 3. The Kier molecular flexibility index (Phi) is 6.53. The molecule has 2 bridgehead atoms. The minimum atomic E-state index is 0.140. The number of aromatic nitrogens is 2. The number of fused-ring (bicyclic) bond motifs is 3. The van der Waals surface area contributed by atoms with Gasteiger partial charge in [0.25, 0.3) is 0 Å². The minimum absolute atomic E-state index is 0.140. The van der Waals surface area contributed by atoms with Crippen molar-refractivity contribution in [3.63, 3.8) is 0 Å². The van der Waals surface area contributed by atoms with E-state index in [4.69, 9.17) is 19.5 Å². The van der Waals surface area contributed by atoms with Gasteiger partial charge in [0.05, 0.1) is 31.6 Å². The summed E-state index contributed by atoms with van der Waals surface area (Å²) >= 11 is 0. The highest BCUT2D eigenvalue weighted by Crippen LogP contribution is 2.33. The zero-order valence-corrected chi connectivity index (χ0v) is 20.8. The predicted molar refractivity (Wildman–Crippen MR) is 142 cm³/mol. The summed E-state index contributed by atoms with van der Waals surface area (Å²) < 4.78 is 11.0. The number of hydrogen-bond acceptors (Lipinski definition) is 5. The van der Waals surface area contributed by atoms with Gasteiger partial charge in [-0.15, -0.1) is 0 Å². The highest BCUT2D eigenvalue weighted by atomic mass is 16.5. The fourth-order valence-corrected chi connectivity index (χ4v) is 4.92. The van der Waals surface area contributed by atoms with Crippen LogP contribution < -0.4 is 9.47 Å². The first kappa shape index (κ1) is 23.1. The zero-order chi connectivity index (χ0) is 24.4. The molecule has 5 rings (SSSR count). The Morgan fingerprint density at radius 2 is 1.86 bits per heavy atom. The maximum Gasteiger partial charge on any atom is 0.122 e. The first-order valence-corrected chi connectivity index (χ1v) is 12.2. The molecular formula is C29H32N4O2. The molecule has 6 heteroatoms. The van der Waals surface area contributed by atoms with Crippen LogP contribution in [-0.4, -0.2) is 42.4 Å². The van der Waals surface area contributed by atoms with Gasteiger partial charge in [0, 0.05) is 47.8 Å². The van der Waals surface area contributed by atoms with Crippen molar-refractivity contribution in [2.75, 3.05) is 20.8 Å². The number of rotatable bonds is 5. The maximum atomic E-state index is 5.51. The van der Waals surface area contributed by atoms with Gasteiger partial charge in [-0.3, -0.25) is 15.1 Å². The molecule has 2 aliphatic rings. The van der Waals surface area contributed by atoms with E-state index in [0.717, 1.165) is 58.6 Å². The Morgan fingerprint density at radius 1 is 1.06 bits per heavy atom. The second-order valence-corrected chi connectivity index (χ2v) is 9.47. The third-order valence-corrected chi connectivity index (χ3v) is 7.25. The van der Waals surface area contributed by atoms with Gasteiger partial charge in [-0.1, -0.05) is 32.1 Å². The lowest BCUT2D eigenvalue weighted by molar-refractivity contribution is 0.393. The molecule has 35 heavy (non-hydrogen) atoms. The summed E-state index contributed by atoms with van der Waals surface area (Å²) in [5.74, 6) is 2.55. The Morgan fingerprint density at radius 3 is 2.63 bits per heavy atom. The standard InChI is InChI=1S/C29H32N4O2/c1-18-16-31-27(19(2)23-13-25(34-3)15-26(14-23)35-4)7-5-21-11-20(18)9-10-30-29(21)22-6-8-28-24(12-22)17-32-33-28/h5-6,8-10,12-15,17-20H,7,11,16H2,1-4H3,(H,32,33)/b21-5+,31-27?/t18-,19-,20?/m1/s1. The molecule has 0 spiro atoms. The van der Waals surface area contributed by atoms with Crippen molar-refractivity contribution in [3.8, 4) is 11.5 Å². The first-order valence-electron chi connectivity index (χ1n) is 12.2. The summed E-state index contributed by atoms with van der Waals surface area (Å²) in [5.41, 5.74) is 6.77. The molecule has 1 aromatic heterocycles. The Balaban J connectivity index is 1.50. The Bertz CT molecular complexity index is 1330. The maximum absolute atomic E-state index is 5.51. The average Bonchev–Trinajstić information content (AvgIpc) is 3.28. The third kappa shape index (κ3) is 4.78. The molecular weight excluding hydrogens is 436 g/mol. The van der Waals surface area contributed by atoms with E-state index in [9.17, 15) is 0 Å². The summed E-state index contributed by atoms with van der Waals surface area (Å²) in [6, 6.07) is 12.4. The molecule has 0 amide bonds. The molecule has 0 radical (unpaired) electrons. The van der Waals surface area contributed by atoms with Gasteiger partial charge in [-0.05, 0) is 53.7 Å². The molecule has 180 valence electrons. The normalized spacial score (nSPS) is 22.6. The lowest BCUT2D eigenvalue weighted by Gasteiger charge is -2.20. The monoisotopic (exact) mass is 468 g/mol. The largest absolute Gasteiger partial charge is 0.497 e. The summed E-state index contributed by atoms with van der Waals surface area (Å²) in [4.78, 5) is 10.1. The molecule has 1 unspecified atom stereocenters. The minimum Gasteiger partial charge on any atom is -0.497 e. The van der Waals surface area contributed by atoms with Crippen LogP contribution in [0.2, 0.25) is 0 Å². The second kappa shape index (κ2) is 9.90. The number of H-pyrrole nitrogens is 1. The highest BCUT2D eigenvalue weighted by Gasteiger charge is 2.24. The van der Waals surface area contributed by atoms with E-state index in [-0.39, 0.29) is 5.92 Å². The molecule has 0 fully saturated rings. The molecule has 1 N–H and O–H groups in total. The van der Waals surface area contributed by atoms with Crippen LogP contribution in [0.5, 0.6) is 11.5 Å². The molecule has 2 aromatic carbocycles. The van der Waals surface area contributed by atoms with E-state index in [1.165, 1.54) is 11.3 Å². The quantitative estimate of drug-likeness (QED) is 0.491. The van der Waals surface area contributed by atoms with Crippen LogP contribution in [0.25, 0.3) is 10.9 Å². The number of nitrogens with zero attached hydrogens (tertiary/aromatic N) is 3. The average molecular weight is 469 g/mol. The van der Waals surface area contributed by atoms with Gasteiger partial charge in [0.1, 0.15) is 11.5 Å². The number of nitrogens with one attached hydrogen (secondary N) is 1. The van der Waals surface area contributed by atoms with Crippen LogP contribution >= 0.6 is 0 Å². The van der Waals surface area contributed by atoms with Gasteiger partial charge in [0.2, 0.25) is 0 Å². The summed E-state index contributed by atoms with van der Waals surface area (Å²) in [6.07, 6.45) is 10.2. The molecule has 0 aliphatic carbocycles. The van der Waals surface area contributed by atoms with E-state index >= 15 is 0 Å². The van der Waals surface area contributed by atoms with E-state index in [1.807, 2.05) is 18.5 Å². The Hall–Kier alpha value is -3.67. The number of hydrogen-bond donors (Lipinski definition) is 1. The van der Waals surface area contributed by atoms with Crippen molar-refractivity contribution >= 4 is 22.3 Å². The van der Waals surface area contributed by atoms with Gasteiger partial charge in [-0.2, -0.15) is 5.10 Å². The second-order valence-electron chi connectivity index (χ2n) is 9.47. The number of aliphatic imine (C=N–C) groups is 2. The van der Waals surface area contributed by atoms with Crippen molar-refractivity contribution in [2.45, 2.75) is 32.6 Å². The van der Waals surface area contributed by atoms with Crippen LogP contribution in [-0.2, 0) is 0 Å². The van der Waals surface area contributed by atoms with E-state index in [2.05, 4.69) is 66.5 Å². The van der Waals surface area contributed by atoms with Crippen molar-refractivity contribution in [1.29, 1.82) is 0 Å². The van der Waals surface area contributed by atoms with Gasteiger partial charge in [0.15, 0.2) is 0 Å². The van der Waals surface area contributed by atoms with E-state index in [0.29, 0.717) is 11.8 Å². The zero-order valence-electron chi connectivity index (χ0n) is 20.8. The van der Waals surface area contributed by atoms with Crippen LogP contribution in [0.15, 0.2) is 76.5 Å². The predicted octanol–water partition coefficient (Wildman–Crippen LogP) is 6.11. The number of ether oxygens (including phenoxy) is 2. The van der Waals surface area contributed by atoms with Crippen LogP contribution in [0, 0.1) is 11.8 Å². The van der Waals surface area contributed by atoms with Crippen molar-refractivity contribution in [3.05, 3.63) is 77.6 Å². The van der Waals surface area contributed by atoms with Crippen molar-refractivity contribution in [1.82, 2.24) is 10.2 Å². The summed E-state index contributed by atoms with van der Waals surface area (Å²) in [5, 5.41) is 8.30. The molecule has 3 heterocycles. The van der Waals surface area contributed by atoms with E-state index < -0.39 is 0 Å². The molecule has 3 aromatic rings. The summed E-state index contributed by atoms with van der Waals surface area (Å²) in [7, 11) is 3.37. The lowest BCUT2D eigenvalue weighted by Crippen LogP contribution is -2.15. The topological polar surface area (TPSA) is 71.9 Å². The van der Waals surface area contributed by atoms with Gasteiger partial charge in [-0.25, -0.2) is 0 Å². The molecule has 0 saturated heterocycles. The van der Waals surface area contributed by atoms with Gasteiger partial charge < -0.3 is 9.47 Å². The van der Waals surface area contributed by atoms with Crippen LogP contribution in [0.4, 0.5) is 0 Å². The van der Waals surface area contributed by atoms with Crippen molar-refractivity contribution in [2.24, 2.45) is 21.8 Å². The highest BCUT2D eigenvalue weighted by molar-refractivity contribution is 6.14. The van der Waals surface area contributed by atoms with Crippen LogP contribution in [0.1, 0.15) is 43.7 Å². The molecule has 0 saturated carbocycles. The van der Waals surface area contributed by atoms with E-state index in [1.54, 1.807) is 14.2 Å². The molecule has 6 nitrogen and oxygen atoms in total. The third-order valence-electron chi connectivity index (χ3n) is 7.25. The Labute approximate surface area is 206 Å². The lowest BCUT2D eigenvalue weighted by atomic mass is 9.85. The van der Waals surface area contributed by atoms with Crippen molar-refractivity contribution < 1.29 is 9.47 Å².